The Balaban J connectivity index is 4.24. The first kappa shape index (κ1) is 73.9. The van der Waals surface area contributed by atoms with E-state index in [-0.39, 0.29) is 68.6 Å². The second kappa shape index (κ2) is 32.7. The Morgan fingerprint density at radius 2 is 0.671 bits per heavy atom. The van der Waals surface area contributed by atoms with Gasteiger partial charge in [-0.15, -0.1) is 0 Å². The zero-order chi connectivity index (χ0) is 63.7. The van der Waals surface area contributed by atoms with E-state index < -0.39 is 150 Å². The van der Waals surface area contributed by atoms with Crippen LogP contribution in [0, 0.1) is 29.6 Å². The number of halogens is 3. The van der Waals surface area contributed by atoms with Gasteiger partial charge in [-0.25, -0.2) is 0 Å². The summed E-state index contributed by atoms with van der Waals surface area (Å²) < 4.78 is 45.0. The molecule has 11 atom stereocenters. The van der Waals surface area contributed by atoms with E-state index in [0.717, 1.165) is 28.8 Å². The van der Waals surface area contributed by atoms with Crippen LogP contribution in [0.3, 0.4) is 0 Å². The lowest BCUT2D eigenvalue weighted by Gasteiger charge is -2.40. The maximum Gasteiger partial charge on any atom is 0.417 e. The Labute approximate surface area is 483 Å². The Morgan fingerprint density at radius 1 is 0.378 bits per heavy atom. The van der Waals surface area contributed by atoms with E-state index in [1.807, 2.05) is 27.7 Å². The smallest absolute Gasteiger partial charge is 0.394 e. The second-order valence-electron chi connectivity index (χ2n) is 24.0. The van der Waals surface area contributed by atoms with Crippen molar-refractivity contribution in [2.45, 2.75) is 215 Å². The minimum atomic E-state index is -5.47. The van der Waals surface area contributed by atoms with E-state index in [2.05, 4.69) is 21.3 Å². The normalized spacial score (nSPS) is 27.5. The van der Waals surface area contributed by atoms with Crippen molar-refractivity contribution < 1.29 is 71.0 Å². The second-order valence-corrected chi connectivity index (χ2v) is 24.0. The maximum atomic E-state index is 15.0. The van der Waals surface area contributed by atoms with E-state index >= 15 is 0 Å². The van der Waals surface area contributed by atoms with Crippen LogP contribution in [0.4, 0.5) is 13.2 Å². The third kappa shape index (κ3) is 20.7. The van der Waals surface area contributed by atoms with Crippen LogP contribution < -0.4 is 26.6 Å². The highest BCUT2D eigenvalue weighted by molar-refractivity contribution is 6.00. The van der Waals surface area contributed by atoms with Gasteiger partial charge in [0.15, 0.2) is 0 Å². The van der Waals surface area contributed by atoms with E-state index in [9.17, 15) is 71.0 Å². The van der Waals surface area contributed by atoms with Crippen LogP contribution in [0.2, 0.25) is 0 Å². The van der Waals surface area contributed by atoms with Gasteiger partial charge in [-0.1, -0.05) is 83.1 Å². The van der Waals surface area contributed by atoms with Crippen molar-refractivity contribution in [1.29, 1.82) is 0 Å². The average Bonchev–Trinajstić information content (AvgIpc) is 3.39. The average molecular weight is 1170 g/mol. The van der Waals surface area contributed by atoms with E-state index in [1.54, 1.807) is 46.9 Å². The van der Waals surface area contributed by atoms with Crippen molar-refractivity contribution in [2.75, 3.05) is 48.9 Å². The predicted molar refractivity (Wildman–Crippen MR) is 301 cm³/mol. The summed E-state index contributed by atoms with van der Waals surface area (Å²) in [6.45, 7) is 22.2. The SMILES string of the molecule is CC[C@@H]1NC(=O)[C@H](CO)N(C)C(=O)[C@H](CC(C)C)N(C)C(=O)[C@H](CC(C)C)N(C)C(=O)[C@H](CC(C)C)N(C)C(=O)[C@@H](C)NC(=O)[C@H](C)NC(=O)[C@H](CC(C)C)N(C)C(=O)[C@H](CC)NC(=O)[C@H](CC(C)C)N(C)C(=O)[C@@H](C(F)(F)F)NC1=O. The van der Waals surface area contributed by atoms with Gasteiger partial charge in [-0.2, -0.15) is 13.2 Å². The van der Waals surface area contributed by atoms with E-state index in [1.165, 1.54) is 65.7 Å². The molecule has 23 nitrogen and oxygen atoms in total. The van der Waals surface area contributed by atoms with Crippen LogP contribution in [0.1, 0.15) is 142 Å². The van der Waals surface area contributed by atoms with E-state index in [4.69, 9.17) is 0 Å². The number of aliphatic hydroxyl groups excluding tert-OH is 1. The molecule has 1 aliphatic rings. The number of carbonyl (C=O) groups excluding carboxylic acids is 11. The molecule has 1 fully saturated rings. The zero-order valence-electron chi connectivity index (χ0n) is 52.1. The van der Waals surface area contributed by atoms with Crippen LogP contribution in [0.25, 0.3) is 0 Å². The van der Waals surface area contributed by atoms with Gasteiger partial charge in [0, 0.05) is 42.3 Å². The standard InChI is InChI=1S/C56H98F3N11O12/c1-21-36-46(73)64-44(56(57,58)59)55(82)66(16)39(24-30(5)6)48(75)63-37(22-2)51(78)65(15)38(23-29(3)4)47(74)60-34(13)45(72)61-35(14)50(77)67(17)40(25-31(7)8)52(79)68(18)41(26-32(9)10)53(80)69(19)42(27-33(11)12)54(81)70(20)43(28-71)49(76)62-36/h29-44,71H,21-28H2,1-20H3,(H,60,74)(H,61,72)(H,62,76)(H,63,75)(H,64,73)/t34-,35+,36-,37-,38-,39-,40-,41-,42-,43-,44-/m0/s1. The van der Waals surface area contributed by atoms with Gasteiger partial charge in [0.25, 0.3) is 5.91 Å². The quantitative estimate of drug-likeness (QED) is 0.155. The number of alkyl halides is 3. The highest BCUT2D eigenvalue weighted by Gasteiger charge is 2.50. The summed E-state index contributed by atoms with van der Waals surface area (Å²) in [6.07, 6.45) is -5.87. The summed E-state index contributed by atoms with van der Waals surface area (Å²) in [7, 11) is 7.53. The number of hydrogen-bond acceptors (Lipinski definition) is 12. The van der Waals surface area contributed by atoms with Gasteiger partial charge in [0.1, 0.15) is 60.4 Å². The van der Waals surface area contributed by atoms with Crippen molar-refractivity contribution in [3.8, 4) is 0 Å². The molecule has 0 unspecified atom stereocenters. The van der Waals surface area contributed by atoms with Crippen LogP contribution >= 0.6 is 0 Å². The van der Waals surface area contributed by atoms with Gasteiger partial charge in [-0.3, -0.25) is 52.7 Å². The number of rotatable bonds is 13. The minimum absolute atomic E-state index is 0.00419. The molecule has 0 aliphatic carbocycles. The number of aliphatic hydroxyl groups is 1. The van der Waals surface area contributed by atoms with Gasteiger partial charge in [0.2, 0.25) is 65.1 Å². The summed E-state index contributed by atoms with van der Waals surface area (Å²) in [6, 6.07) is -17.4. The van der Waals surface area contributed by atoms with Gasteiger partial charge < -0.3 is 61.1 Å². The largest absolute Gasteiger partial charge is 0.417 e. The number of carbonyl (C=O) groups is 11. The molecule has 0 aromatic heterocycles. The molecule has 0 radical (unpaired) electrons. The summed E-state index contributed by atoms with van der Waals surface area (Å²) in [5.74, 6) is -12.0. The molecule has 82 heavy (non-hydrogen) atoms. The fraction of sp³-hybridized carbons (Fsp3) is 0.804. The van der Waals surface area contributed by atoms with E-state index in [0.29, 0.717) is 4.90 Å². The van der Waals surface area contributed by atoms with Crippen molar-refractivity contribution in [1.82, 2.24) is 56.0 Å². The first-order valence-electron chi connectivity index (χ1n) is 28.5. The van der Waals surface area contributed by atoms with Crippen molar-refractivity contribution in [3.05, 3.63) is 0 Å². The maximum absolute atomic E-state index is 15.0. The number of hydrogen-bond donors (Lipinski definition) is 6. The summed E-state index contributed by atoms with van der Waals surface area (Å²) in [5, 5.41) is 22.3. The minimum Gasteiger partial charge on any atom is -0.394 e. The molecule has 1 rings (SSSR count). The van der Waals surface area contributed by atoms with Crippen molar-refractivity contribution >= 4 is 65.0 Å². The zero-order valence-corrected chi connectivity index (χ0v) is 52.1. The van der Waals surface area contributed by atoms with Crippen LogP contribution in [0.15, 0.2) is 0 Å². The molecule has 1 saturated heterocycles. The molecule has 1 aliphatic heterocycles. The topological polar surface area (TPSA) is 288 Å². The third-order valence-electron chi connectivity index (χ3n) is 14.7. The fourth-order valence-electron chi connectivity index (χ4n) is 9.68. The number of likely N-dealkylation sites (N-methyl/N-ethyl adjacent to an activating group) is 6. The number of nitrogens with zero attached hydrogens (tertiary/aromatic N) is 6. The van der Waals surface area contributed by atoms with Crippen LogP contribution in [-0.2, 0) is 52.7 Å². The molecule has 1 heterocycles. The lowest BCUT2D eigenvalue weighted by molar-refractivity contribution is -0.179. The Kier molecular flexibility index (Phi) is 29.5. The van der Waals surface area contributed by atoms with Crippen molar-refractivity contribution in [2.24, 2.45) is 29.6 Å². The summed E-state index contributed by atoms with van der Waals surface area (Å²) in [4.78, 5) is 163. The molecule has 0 aromatic carbocycles. The van der Waals surface area contributed by atoms with Gasteiger partial charge in [0.05, 0.1) is 6.61 Å². The first-order valence-corrected chi connectivity index (χ1v) is 28.5. The van der Waals surface area contributed by atoms with Crippen molar-refractivity contribution in [3.63, 3.8) is 0 Å². The molecule has 26 heteroatoms. The number of nitrogens with one attached hydrogen (secondary N) is 5. The van der Waals surface area contributed by atoms with Gasteiger partial charge >= 0.3 is 6.18 Å². The lowest BCUT2D eigenvalue weighted by Crippen LogP contribution is -2.63. The highest BCUT2D eigenvalue weighted by atomic mass is 19.4. The molecular weight excluding hydrogens is 1080 g/mol. The summed E-state index contributed by atoms with van der Waals surface area (Å²) >= 11 is 0. The predicted octanol–water partition coefficient (Wildman–Crippen LogP) is 2.03. The lowest BCUT2D eigenvalue weighted by atomic mass is 9.96. The first-order chi connectivity index (χ1) is 37.7. The summed E-state index contributed by atoms with van der Waals surface area (Å²) in [5.41, 5.74) is 0. The van der Waals surface area contributed by atoms with Crippen LogP contribution in [0.5, 0.6) is 0 Å². The molecule has 11 amide bonds. The Bertz CT molecular complexity index is 2230. The monoisotopic (exact) mass is 1170 g/mol. The Morgan fingerprint density at radius 3 is 1.02 bits per heavy atom. The molecule has 6 N–H and O–H groups in total. The third-order valence-corrected chi connectivity index (χ3v) is 14.7. The highest BCUT2D eigenvalue weighted by Crippen LogP contribution is 2.26. The molecule has 0 saturated carbocycles. The van der Waals surface area contributed by atoms with Crippen LogP contribution in [-0.4, -0.2) is 221 Å². The molecule has 470 valence electrons. The fourth-order valence-corrected chi connectivity index (χ4v) is 9.68. The Hall–Kier alpha value is -6.08. The molecule has 0 spiro atoms. The molecule has 0 bridgehead atoms. The van der Waals surface area contributed by atoms with Gasteiger partial charge in [-0.05, 0) is 88.4 Å². The molecule has 0 aromatic rings. The number of amides is 11. The molecular formula is C56H98F3N11O12.